The van der Waals surface area contributed by atoms with Gasteiger partial charge in [0.2, 0.25) is 0 Å². The number of ether oxygens (including phenoxy) is 1. The average Bonchev–Trinajstić information content (AvgIpc) is 2.17. The monoisotopic (exact) mass is 254 g/mol. The molecule has 0 fully saturated rings. The Hall–Kier alpha value is -1.62. The summed E-state index contributed by atoms with van der Waals surface area (Å²) in [4.78, 5) is 11.6. The number of amides is 1. The van der Waals surface area contributed by atoms with Crippen LogP contribution in [0.1, 0.15) is 39.3 Å². The molecule has 3 N–H and O–H groups in total. The topological polar surface area (TPSA) is 64.3 Å². The van der Waals surface area contributed by atoms with E-state index in [2.05, 4.69) is 5.32 Å². The molecule has 0 aliphatic heterocycles. The van der Waals surface area contributed by atoms with Gasteiger partial charge in [-0.3, -0.25) is 5.32 Å². The van der Waals surface area contributed by atoms with Crippen molar-refractivity contribution in [2.24, 2.45) is 5.73 Å². The lowest BCUT2D eigenvalue weighted by molar-refractivity contribution is 0.0635. The van der Waals surface area contributed by atoms with Crippen LogP contribution in [0.25, 0.3) is 0 Å². The van der Waals surface area contributed by atoms with Crippen molar-refractivity contribution in [3.63, 3.8) is 0 Å². The van der Waals surface area contributed by atoms with Crippen LogP contribution in [0.2, 0.25) is 0 Å². The number of nitrogens with one attached hydrogen (secondary N) is 1. The van der Waals surface area contributed by atoms with Crippen molar-refractivity contribution in [3.8, 4) is 0 Å². The molecule has 4 nitrogen and oxygen atoms in total. The highest BCUT2D eigenvalue weighted by atomic mass is 19.1. The highest BCUT2D eigenvalue weighted by Gasteiger charge is 2.18. The molecule has 1 aromatic carbocycles. The molecule has 0 aromatic heterocycles. The van der Waals surface area contributed by atoms with E-state index in [0.717, 1.165) is 0 Å². The minimum absolute atomic E-state index is 0.384. The molecule has 0 aliphatic carbocycles. The normalized spacial score (nSPS) is 13.0. The van der Waals surface area contributed by atoms with Crippen molar-refractivity contribution in [3.05, 3.63) is 29.6 Å². The Kier molecular flexibility index (Phi) is 4.29. The Morgan fingerprint density at radius 1 is 1.44 bits per heavy atom. The van der Waals surface area contributed by atoms with Gasteiger partial charge in [0.1, 0.15) is 11.4 Å². The summed E-state index contributed by atoms with van der Waals surface area (Å²) in [7, 11) is 0. The van der Waals surface area contributed by atoms with Gasteiger partial charge in [0, 0.05) is 11.7 Å². The zero-order valence-corrected chi connectivity index (χ0v) is 11.1. The molecule has 1 aromatic rings. The van der Waals surface area contributed by atoms with E-state index < -0.39 is 17.5 Å². The average molecular weight is 254 g/mol. The number of carbonyl (C=O) groups excluding carboxylic acids is 1. The van der Waals surface area contributed by atoms with Gasteiger partial charge in [-0.15, -0.1) is 0 Å². The van der Waals surface area contributed by atoms with Crippen molar-refractivity contribution in [2.75, 3.05) is 5.32 Å². The summed E-state index contributed by atoms with van der Waals surface area (Å²) in [6, 6.07) is 3.65. The summed E-state index contributed by atoms with van der Waals surface area (Å²) in [6.45, 7) is 7.02. The summed E-state index contributed by atoms with van der Waals surface area (Å²) in [5.41, 5.74) is 6.13. The number of hydrogen-bond donors (Lipinski definition) is 2. The van der Waals surface area contributed by atoms with Gasteiger partial charge in [0.25, 0.3) is 0 Å². The fraction of sp³-hybridized carbons (Fsp3) is 0.462. The lowest BCUT2D eigenvalue weighted by Crippen LogP contribution is -2.27. The zero-order valence-electron chi connectivity index (χ0n) is 11.1. The first-order chi connectivity index (χ1) is 8.19. The van der Waals surface area contributed by atoms with Gasteiger partial charge >= 0.3 is 6.09 Å². The largest absolute Gasteiger partial charge is 0.444 e. The maximum Gasteiger partial charge on any atom is 0.412 e. The standard InChI is InChI=1S/C13H19FN2O2/c1-8(15)10-7-9(14)5-6-11(10)16-12(17)18-13(2,3)4/h5-8H,15H2,1-4H3,(H,16,17)/t8-/m0/s1. The third kappa shape index (κ3) is 4.33. The van der Waals surface area contributed by atoms with Crippen molar-refractivity contribution < 1.29 is 13.9 Å². The predicted molar refractivity (Wildman–Crippen MR) is 68.9 cm³/mol. The van der Waals surface area contributed by atoms with E-state index in [4.69, 9.17) is 10.5 Å². The van der Waals surface area contributed by atoms with Gasteiger partial charge in [-0.05, 0) is 51.5 Å². The summed E-state index contributed by atoms with van der Waals surface area (Å²) >= 11 is 0. The van der Waals surface area contributed by atoms with Gasteiger partial charge in [0.15, 0.2) is 0 Å². The molecule has 0 aliphatic rings. The molecule has 1 atom stereocenters. The highest BCUT2D eigenvalue weighted by Crippen LogP contribution is 2.23. The van der Waals surface area contributed by atoms with Gasteiger partial charge in [-0.1, -0.05) is 0 Å². The zero-order chi connectivity index (χ0) is 13.9. The molecule has 0 bridgehead atoms. The first kappa shape index (κ1) is 14.4. The Balaban J connectivity index is 2.88. The molecule has 1 rings (SSSR count). The summed E-state index contributed by atoms with van der Waals surface area (Å²) in [5.74, 6) is -0.392. The van der Waals surface area contributed by atoms with Crippen molar-refractivity contribution >= 4 is 11.8 Å². The first-order valence-corrected chi connectivity index (χ1v) is 5.74. The van der Waals surface area contributed by atoms with Crippen LogP contribution in [0.4, 0.5) is 14.9 Å². The number of benzene rings is 1. The third-order valence-electron chi connectivity index (χ3n) is 2.14. The van der Waals surface area contributed by atoms with Gasteiger partial charge < -0.3 is 10.5 Å². The van der Waals surface area contributed by atoms with E-state index in [1.54, 1.807) is 27.7 Å². The van der Waals surface area contributed by atoms with Gasteiger partial charge in [0.05, 0.1) is 0 Å². The van der Waals surface area contributed by atoms with Crippen molar-refractivity contribution in [1.29, 1.82) is 0 Å². The number of nitrogens with two attached hydrogens (primary N) is 1. The minimum Gasteiger partial charge on any atom is -0.444 e. The van der Waals surface area contributed by atoms with Crippen LogP contribution in [-0.2, 0) is 4.74 Å². The van der Waals surface area contributed by atoms with E-state index >= 15 is 0 Å². The smallest absolute Gasteiger partial charge is 0.412 e. The van der Waals surface area contributed by atoms with E-state index in [0.29, 0.717) is 11.3 Å². The van der Waals surface area contributed by atoms with Crippen LogP contribution < -0.4 is 11.1 Å². The lowest BCUT2D eigenvalue weighted by atomic mass is 10.1. The van der Waals surface area contributed by atoms with Crippen LogP contribution in [0.15, 0.2) is 18.2 Å². The van der Waals surface area contributed by atoms with E-state index in [-0.39, 0.29) is 6.04 Å². The van der Waals surface area contributed by atoms with E-state index in [1.807, 2.05) is 0 Å². The highest BCUT2D eigenvalue weighted by molar-refractivity contribution is 5.86. The van der Waals surface area contributed by atoms with Crippen LogP contribution in [0.3, 0.4) is 0 Å². The molecule has 5 heteroatoms. The molecule has 0 saturated heterocycles. The molecule has 100 valence electrons. The van der Waals surface area contributed by atoms with Crippen LogP contribution in [0.5, 0.6) is 0 Å². The number of anilines is 1. The van der Waals surface area contributed by atoms with Crippen LogP contribution >= 0.6 is 0 Å². The Bertz CT molecular complexity index is 439. The predicted octanol–water partition coefficient (Wildman–Crippen LogP) is 3.19. The van der Waals surface area contributed by atoms with Crippen LogP contribution in [-0.4, -0.2) is 11.7 Å². The SMILES string of the molecule is C[C@H](N)c1cc(F)ccc1NC(=O)OC(C)(C)C. The van der Waals surface area contributed by atoms with Gasteiger partial charge in [-0.25, -0.2) is 9.18 Å². The number of hydrogen-bond acceptors (Lipinski definition) is 3. The van der Waals surface area contributed by atoms with Gasteiger partial charge in [-0.2, -0.15) is 0 Å². The molecule has 0 radical (unpaired) electrons. The molecule has 1 amide bonds. The Morgan fingerprint density at radius 3 is 2.56 bits per heavy atom. The Labute approximate surface area is 106 Å². The minimum atomic E-state index is -0.587. The van der Waals surface area contributed by atoms with E-state index in [1.165, 1.54) is 18.2 Å². The third-order valence-corrected chi connectivity index (χ3v) is 2.14. The number of carbonyl (C=O) groups is 1. The van der Waals surface area contributed by atoms with Crippen molar-refractivity contribution in [2.45, 2.75) is 39.3 Å². The maximum absolute atomic E-state index is 13.1. The molecular weight excluding hydrogens is 235 g/mol. The molecule has 0 unspecified atom stereocenters. The summed E-state index contributed by atoms with van der Waals surface area (Å²) in [6.07, 6.45) is -0.587. The van der Waals surface area contributed by atoms with E-state index in [9.17, 15) is 9.18 Å². The fourth-order valence-corrected chi connectivity index (χ4v) is 1.44. The molecule has 0 spiro atoms. The number of rotatable bonds is 2. The molecule has 18 heavy (non-hydrogen) atoms. The summed E-state index contributed by atoms with van der Waals surface area (Å²) < 4.78 is 18.2. The second-order valence-electron chi connectivity index (χ2n) is 5.15. The lowest BCUT2D eigenvalue weighted by Gasteiger charge is -2.21. The molecule has 0 saturated carbocycles. The second kappa shape index (κ2) is 5.35. The maximum atomic E-state index is 13.1. The quantitative estimate of drug-likeness (QED) is 0.851. The summed E-state index contributed by atoms with van der Waals surface area (Å²) in [5, 5.41) is 2.57. The Morgan fingerprint density at radius 2 is 2.06 bits per heavy atom. The fourth-order valence-electron chi connectivity index (χ4n) is 1.44. The number of halogens is 1. The second-order valence-corrected chi connectivity index (χ2v) is 5.15. The molecule has 0 heterocycles. The van der Waals surface area contributed by atoms with Crippen LogP contribution in [0, 0.1) is 5.82 Å². The van der Waals surface area contributed by atoms with Crippen molar-refractivity contribution in [1.82, 2.24) is 0 Å². The molecular formula is C13H19FN2O2. The first-order valence-electron chi connectivity index (χ1n) is 5.74.